The molecule has 0 spiro atoms. The molecule has 1 aliphatic carbocycles. The van der Waals surface area contributed by atoms with Gasteiger partial charge in [0.2, 0.25) is 0 Å². The van der Waals surface area contributed by atoms with Crippen molar-refractivity contribution >= 4 is 11.6 Å². The number of benzene rings is 1. The molecule has 2 nitrogen and oxygen atoms in total. The Balaban J connectivity index is 1.91. The summed E-state index contributed by atoms with van der Waals surface area (Å²) in [6, 6.07) is 7.71. The summed E-state index contributed by atoms with van der Waals surface area (Å²) in [6.07, 6.45) is 8.29. The second kappa shape index (κ2) is 8.02. The summed E-state index contributed by atoms with van der Waals surface area (Å²) in [7, 11) is 0. The van der Waals surface area contributed by atoms with E-state index in [2.05, 4.69) is 0 Å². The van der Waals surface area contributed by atoms with Crippen molar-refractivity contribution in [3.8, 4) is 0 Å². The minimum atomic E-state index is -0.387. The number of nitrogens with two attached hydrogens (primary N) is 1. The van der Waals surface area contributed by atoms with Crippen molar-refractivity contribution in [2.45, 2.75) is 57.0 Å². The van der Waals surface area contributed by atoms with Gasteiger partial charge in [0, 0.05) is 17.5 Å². The first-order chi connectivity index (χ1) is 9.72. The monoisotopic (exact) mass is 295 g/mol. The fourth-order valence-electron chi connectivity index (χ4n) is 3.35. The van der Waals surface area contributed by atoms with Crippen molar-refractivity contribution in [1.82, 2.24) is 0 Å². The van der Waals surface area contributed by atoms with Crippen molar-refractivity contribution in [3.05, 3.63) is 34.9 Å². The highest BCUT2D eigenvalue weighted by molar-refractivity contribution is 6.31. The Morgan fingerprint density at radius 1 is 1.20 bits per heavy atom. The molecule has 112 valence electrons. The predicted molar refractivity (Wildman–Crippen MR) is 85.1 cm³/mol. The molecule has 1 aliphatic rings. The fourth-order valence-corrected chi connectivity index (χ4v) is 3.63. The second-order valence-electron chi connectivity index (χ2n) is 6.01. The molecule has 0 aliphatic heterocycles. The summed E-state index contributed by atoms with van der Waals surface area (Å²) >= 11 is 6.22. The summed E-state index contributed by atoms with van der Waals surface area (Å²) in [6.45, 7) is 0.440. The zero-order valence-corrected chi connectivity index (χ0v) is 12.9. The van der Waals surface area contributed by atoms with E-state index in [0.717, 1.165) is 24.3 Å². The molecule has 2 rings (SSSR count). The molecule has 1 aromatic carbocycles. The van der Waals surface area contributed by atoms with E-state index < -0.39 is 0 Å². The molecule has 0 bridgehead atoms. The number of aliphatic hydroxyl groups excluding tert-OH is 1. The van der Waals surface area contributed by atoms with Crippen LogP contribution in [0.4, 0.5) is 0 Å². The SMILES string of the molecule is NCC(c1ccccc1Cl)C(O)CCC1CCCCC1. The summed E-state index contributed by atoms with van der Waals surface area (Å²) < 4.78 is 0. The molecular formula is C17H26ClNO. The van der Waals surface area contributed by atoms with Crippen molar-refractivity contribution in [1.29, 1.82) is 0 Å². The van der Waals surface area contributed by atoms with Crippen LogP contribution in [0.25, 0.3) is 0 Å². The maximum Gasteiger partial charge on any atom is 0.0621 e. The van der Waals surface area contributed by atoms with Crippen LogP contribution < -0.4 is 5.73 Å². The van der Waals surface area contributed by atoms with Gasteiger partial charge in [0.25, 0.3) is 0 Å². The van der Waals surface area contributed by atoms with Crippen molar-refractivity contribution in [2.75, 3.05) is 6.54 Å². The molecule has 2 atom stereocenters. The smallest absolute Gasteiger partial charge is 0.0621 e. The Labute approximate surface area is 127 Å². The molecule has 0 aromatic heterocycles. The minimum absolute atomic E-state index is 0.0488. The van der Waals surface area contributed by atoms with E-state index in [1.54, 1.807) is 0 Å². The molecule has 1 aromatic rings. The van der Waals surface area contributed by atoms with Gasteiger partial charge < -0.3 is 10.8 Å². The van der Waals surface area contributed by atoms with E-state index >= 15 is 0 Å². The topological polar surface area (TPSA) is 46.2 Å². The first-order valence-electron chi connectivity index (χ1n) is 7.85. The van der Waals surface area contributed by atoms with Gasteiger partial charge in [-0.1, -0.05) is 61.9 Å². The molecule has 1 fully saturated rings. The van der Waals surface area contributed by atoms with Crippen LogP contribution in [0.3, 0.4) is 0 Å². The Hall–Kier alpha value is -0.570. The Morgan fingerprint density at radius 2 is 1.90 bits per heavy atom. The van der Waals surface area contributed by atoms with E-state index in [9.17, 15) is 5.11 Å². The maximum absolute atomic E-state index is 10.5. The maximum atomic E-state index is 10.5. The molecule has 2 unspecified atom stereocenters. The third-order valence-corrected chi connectivity index (χ3v) is 4.96. The van der Waals surface area contributed by atoms with E-state index in [-0.39, 0.29) is 12.0 Å². The molecule has 3 heteroatoms. The van der Waals surface area contributed by atoms with Crippen LogP contribution in [-0.4, -0.2) is 17.8 Å². The highest BCUT2D eigenvalue weighted by Crippen LogP contribution is 2.32. The lowest BCUT2D eigenvalue weighted by Crippen LogP contribution is -2.27. The van der Waals surface area contributed by atoms with E-state index in [4.69, 9.17) is 17.3 Å². The van der Waals surface area contributed by atoms with Gasteiger partial charge in [-0.15, -0.1) is 0 Å². The summed E-state index contributed by atoms with van der Waals surface area (Å²) in [5.74, 6) is 0.746. The zero-order chi connectivity index (χ0) is 14.4. The van der Waals surface area contributed by atoms with Crippen molar-refractivity contribution in [3.63, 3.8) is 0 Å². The van der Waals surface area contributed by atoms with Crippen LogP contribution in [0.15, 0.2) is 24.3 Å². The zero-order valence-electron chi connectivity index (χ0n) is 12.1. The average molecular weight is 296 g/mol. The summed E-state index contributed by atoms with van der Waals surface area (Å²) in [4.78, 5) is 0. The molecular weight excluding hydrogens is 270 g/mol. The number of rotatable bonds is 6. The van der Waals surface area contributed by atoms with Crippen LogP contribution in [-0.2, 0) is 0 Å². The van der Waals surface area contributed by atoms with Gasteiger partial charge in [-0.3, -0.25) is 0 Å². The predicted octanol–water partition coefficient (Wildman–Crippen LogP) is 4.10. The largest absolute Gasteiger partial charge is 0.392 e. The molecule has 1 saturated carbocycles. The molecule has 20 heavy (non-hydrogen) atoms. The fraction of sp³-hybridized carbons (Fsp3) is 0.647. The second-order valence-corrected chi connectivity index (χ2v) is 6.42. The third kappa shape index (κ3) is 4.21. The van der Waals surface area contributed by atoms with Gasteiger partial charge in [-0.25, -0.2) is 0 Å². The Kier molecular flexibility index (Phi) is 6.34. The van der Waals surface area contributed by atoms with Crippen LogP contribution in [0.5, 0.6) is 0 Å². The van der Waals surface area contributed by atoms with E-state index in [0.29, 0.717) is 11.6 Å². The van der Waals surface area contributed by atoms with Crippen LogP contribution in [0.1, 0.15) is 56.4 Å². The first kappa shape index (κ1) is 15.8. The highest BCUT2D eigenvalue weighted by Gasteiger charge is 2.23. The highest BCUT2D eigenvalue weighted by atomic mass is 35.5. The van der Waals surface area contributed by atoms with Crippen LogP contribution in [0, 0.1) is 5.92 Å². The standard InChI is InChI=1S/C17H26ClNO/c18-16-9-5-4-8-14(16)15(12-19)17(20)11-10-13-6-2-1-3-7-13/h4-5,8-9,13,15,17,20H,1-3,6-7,10-12,19H2. The molecule has 3 N–H and O–H groups in total. The lowest BCUT2D eigenvalue weighted by Gasteiger charge is -2.26. The van der Waals surface area contributed by atoms with Gasteiger partial charge in [-0.2, -0.15) is 0 Å². The third-order valence-electron chi connectivity index (χ3n) is 4.62. The summed E-state index contributed by atoms with van der Waals surface area (Å²) in [5.41, 5.74) is 6.84. The first-order valence-corrected chi connectivity index (χ1v) is 8.22. The lowest BCUT2D eigenvalue weighted by molar-refractivity contribution is 0.123. The lowest BCUT2D eigenvalue weighted by atomic mass is 9.83. The molecule has 0 radical (unpaired) electrons. The Morgan fingerprint density at radius 3 is 2.55 bits per heavy atom. The van der Waals surface area contributed by atoms with Gasteiger partial charge in [0.1, 0.15) is 0 Å². The van der Waals surface area contributed by atoms with E-state index in [1.165, 1.54) is 32.1 Å². The number of halogens is 1. The van der Waals surface area contributed by atoms with Crippen molar-refractivity contribution in [2.24, 2.45) is 11.7 Å². The summed E-state index contributed by atoms with van der Waals surface area (Å²) in [5, 5.41) is 11.2. The number of aliphatic hydroxyl groups is 1. The molecule has 0 heterocycles. The van der Waals surface area contributed by atoms with Crippen molar-refractivity contribution < 1.29 is 5.11 Å². The van der Waals surface area contributed by atoms with Gasteiger partial charge >= 0.3 is 0 Å². The number of hydrogen-bond donors (Lipinski definition) is 2. The van der Waals surface area contributed by atoms with E-state index in [1.807, 2.05) is 24.3 Å². The van der Waals surface area contributed by atoms with Crippen LogP contribution >= 0.6 is 11.6 Å². The van der Waals surface area contributed by atoms with Gasteiger partial charge in [-0.05, 0) is 30.4 Å². The normalized spacial score (nSPS) is 19.8. The minimum Gasteiger partial charge on any atom is -0.392 e. The average Bonchev–Trinajstić information content (AvgIpc) is 2.49. The Bertz CT molecular complexity index is 404. The molecule has 0 amide bonds. The molecule has 0 saturated heterocycles. The van der Waals surface area contributed by atoms with Crippen LogP contribution in [0.2, 0.25) is 5.02 Å². The van der Waals surface area contributed by atoms with Gasteiger partial charge in [0.05, 0.1) is 6.10 Å². The number of hydrogen-bond acceptors (Lipinski definition) is 2. The van der Waals surface area contributed by atoms with Gasteiger partial charge in [0.15, 0.2) is 0 Å². The quantitative estimate of drug-likeness (QED) is 0.830.